The van der Waals surface area contributed by atoms with Gasteiger partial charge in [0.1, 0.15) is 5.75 Å². The number of ketones is 1. The zero-order chi connectivity index (χ0) is 40.6. The zero-order valence-corrected chi connectivity index (χ0v) is 35.0. The number of nitro groups is 1. The predicted octanol–water partition coefficient (Wildman–Crippen LogP) is 9.19. The lowest BCUT2D eigenvalue weighted by Gasteiger charge is -2.36. The molecule has 1 heterocycles. The third-order valence-electron chi connectivity index (χ3n) is 10.5. The molecule has 0 aliphatic carbocycles. The number of carbonyl (C=O) groups is 1. The van der Waals surface area contributed by atoms with Crippen LogP contribution in [0.5, 0.6) is 0 Å². The van der Waals surface area contributed by atoms with Crippen molar-refractivity contribution in [2.75, 3.05) is 63.2 Å². The number of hydrogen-bond donors (Lipinski definition) is 0. The number of hydrogen-bond acceptors (Lipinski definition) is 9. The molecule has 1 fully saturated rings. The average Bonchev–Trinajstić information content (AvgIpc) is 3.20. The van der Waals surface area contributed by atoms with E-state index in [1.54, 1.807) is 30.0 Å². The van der Waals surface area contributed by atoms with E-state index in [1.165, 1.54) is 17.2 Å². The van der Waals surface area contributed by atoms with Crippen LogP contribution in [0, 0.1) is 15.5 Å². The number of piperazine rings is 1. The number of Topliss-reactive ketones (excluding diaryl/α,β-unsaturated/α-hetero) is 1. The molecule has 1 atom stereocenters. The Kier molecular flexibility index (Phi) is 13.9. The number of thioether (sulfide) groups is 1. The van der Waals surface area contributed by atoms with Crippen LogP contribution in [0.3, 0.4) is 0 Å². The standard InChI is InChI=1S/C45H49ClN4O5S2/c1-45(23-24-47(2)3,33-56-40-10-5-4-6-11-40)30-36-17-22-41(29-43(36)50(52)53)57(54,55)32-44(51)35-15-20-39(21-16-35)49-27-25-48(26-28-49)31-37-9-7-8-12-42(37)34-13-18-38(46)19-14-34/h4-22,29H,23-28,30-33H2,1-3H3/t45-/m0/s1. The first kappa shape index (κ1) is 42.1. The summed E-state index contributed by atoms with van der Waals surface area (Å²) in [7, 11) is -0.170. The van der Waals surface area contributed by atoms with Crippen molar-refractivity contribution in [1.82, 2.24) is 9.80 Å². The van der Waals surface area contributed by atoms with E-state index in [-0.39, 0.29) is 21.6 Å². The lowest BCUT2D eigenvalue weighted by Crippen LogP contribution is -2.46. The molecule has 57 heavy (non-hydrogen) atoms. The fourth-order valence-corrected chi connectivity index (χ4v) is 9.65. The van der Waals surface area contributed by atoms with Gasteiger partial charge in [-0.05, 0) is 110 Å². The molecule has 9 nitrogen and oxygen atoms in total. The van der Waals surface area contributed by atoms with E-state index in [0.29, 0.717) is 17.0 Å². The molecule has 5 aromatic carbocycles. The molecule has 0 N–H and O–H groups in total. The molecule has 5 aromatic rings. The van der Waals surface area contributed by atoms with Crippen molar-refractivity contribution in [2.24, 2.45) is 5.41 Å². The van der Waals surface area contributed by atoms with Gasteiger partial charge in [-0.15, -0.1) is 11.8 Å². The number of halogens is 1. The number of nitrogens with zero attached hydrogens (tertiary/aromatic N) is 4. The molecule has 0 aromatic heterocycles. The fraction of sp³-hybridized carbons (Fsp3) is 0.311. The molecule has 298 valence electrons. The molecule has 0 saturated carbocycles. The minimum Gasteiger partial charge on any atom is -0.369 e. The largest absolute Gasteiger partial charge is 0.369 e. The molecule has 1 aliphatic rings. The minimum atomic E-state index is -4.16. The number of anilines is 1. The van der Waals surface area contributed by atoms with Gasteiger partial charge in [-0.3, -0.25) is 19.8 Å². The molecule has 0 spiro atoms. The van der Waals surface area contributed by atoms with Gasteiger partial charge in [0.2, 0.25) is 0 Å². The van der Waals surface area contributed by atoms with Gasteiger partial charge in [0.05, 0.1) is 9.82 Å². The van der Waals surface area contributed by atoms with Crippen molar-refractivity contribution < 1.29 is 18.1 Å². The highest BCUT2D eigenvalue weighted by atomic mass is 35.5. The summed E-state index contributed by atoms with van der Waals surface area (Å²) < 4.78 is 27.1. The first-order chi connectivity index (χ1) is 27.3. The van der Waals surface area contributed by atoms with Gasteiger partial charge in [-0.2, -0.15) is 0 Å². The summed E-state index contributed by atoms with van der Waals surface area (Å²) in [5.41, 5.74) is 4.73. The van der Waals surface area contributed by atoms with Crippen LogP contribution in [-0.2, 0) is 22.8 Å². The Morgan fingerprint density at radius 1 is 0.860 bits per heavy atom. The van der Waals surface area contributed by atoms with Crippen LogP contribution in [0.2, 0.25) is 5.02 Å². The van der Waals surface area contributed by atoms with E-state index >= 15 is 0 Å². The Hall–Kier alpha value is -4.52. The van der Waals surface area contributed by atoms with Crippen molar-refractivity contribution >= 4 is 50.4 Å². The molecule has 0 radical (unpaired) electrons. The maximum atomic E-state index is 13.5. The van der Waals surface area contributed by atoms with E-state index < -0.39 is 26.3 Å². The third kappa shape index (κ3) is 11.3. The Bertz CT molecular complexity index is 2260. The lowest BCUT2D eigenvalue weighted by molar-refractivity contribution is -0.385. The Morgan fingerprint density at radius 3 is 2.19 bits per heavy atom. The Balaban J connectivity index is 1.07. The molecule has 0 amide bonds. The smallest absolute Gasteiger partial charge is 0.273 e. The zero-order valence-electron chi connectivity index (χ0n) is 32.6. The number of sulfone groups is 1. The van der Waals surface area contributed by atoms with Crippen LogP contribution in [0.4, 0.5) is 11.4 Å². The second kappa shape index (κ2) is 18.8. The van der Waals surface area contributed by atoms with Crippen LogP contribution in [0.25, 0.3) is 11.1 Å². The highest BCUT2D eigenvalue weighted by Gasteiger charge is 2.31. The summed E-state index contributed by atoms with van der Waals surface area (Å²) in [4.78, 5) is 32.8. The van der Waals surface area contributed by atoms with Crippen LogP contribution >= 0.6 is 23.4 Å². The highest BCUT2D eigenvalue weighted by Crippen LogP contribution is 2.37. The topological polar surface area (TPSA) is 104 Å². The normalized spacial score (nSPS) is 14.7. The monoisotopic (exact) mass is 824 g/mol. The molecule has 1 saturated heterocycles. The average molecular weight is 825 g/mol. The van der Waals surface area contributed by atoms with Crippen molar-refractivity contribution in [2.45, 2.75) is 36.1 Å². The van der Waals surface area contributed by atoms with Gasteiger partial charge < -0.3 is 9.80 Å². The highest BCUT2D eigenvalue weighted by molar-refractivity contribution is 7.99. The maximum absolute atomic E-state index is 13.5. The Morgan fingerprint density at radius 2 is 1.53 bits per heavy atom. The molecule has 12 heteroatoms. The molecular formula is C45H49ClN4O5S2. The van der Waals surface area contributed by atoms with Gasteiger partial charge in [-0.25, -0.2) is 8.42 Å². The van der Waals surface area contributed by atoms with E-state index in [1.807, 2.05) is 80.8 Å². The first-order valence-electron chi connectivity index (χ1n) is 19.1. The fourth-order valence-electron chi connectivity index (χ4n) is 7.17. The summed E-state index contributed by atoms with van der Waals surface area (Å²) in [5.74, 6) is -0.619. The number of carbonyl (C=O) groups excluding carboxylic acids is 1. The SMILES string of the molecule is CN(C)CC[C@](C)(CSc1ccccc1)Cc1ccc(S(=O)(=O)CC(=O)c2ccc(N3CCN(Cc4ccccc4-c4ccc(Cl)cc4)CC3)cc2)cc1[N+](=O)[O-]. The molecule has 1 aliphatic heterocycles. The van der Waals surface area contributed by atoms with E-state index in [9.17, 15) is 23.3 Å². The van der Waals surface area contributed by atoms with E-state index in [2.05, 4.69) is 45.9 Å². The molecular weight excluding hydrogens is 776 g/mol. The van der Waals surface area contributed by atoms with Crippen LogP contribution in [0.1, 0.15) is 34.8 Å². The van der Waals surface area contributed by atoms with Gasteiger partial charge in [0, 0.05) is 71.3 Å². The summed E-state index contributed by atoms with van der Waals surface area (Å²) in [6.07, 6.45) is 1.19. The summed E-state index contributed by atoms with van der Waals surface area (Å²) in [6.45, 7) is 7.08. The Labute approximate surface area is 345 Å². The van der Waals surface area contributed by atoms with E-state index in [4.69, 9.17) is 11.6 Å². The second-order valence-electron chi connectivity index (χ2n) is 15.3. The predicted molar refractivity (Wildman–Crippen MR) is 232 cm³/mol. The van der Waals surface area contributed by atoms with Gasteiger partial charge in [0.25, 0.3) is 5.69 Å². The van der Waals surface area contributed by atoms with Gasteiger partial charge >= 0.3 is 0 Å². The summed E-state index contributed by atoms with van der Waals surface area (Å²) in [6, 6.07) is 37.5. The van der Waals surface area contributed by atoms with Crippen molar-refractivity contribution in [1.29, 1.82) is 0 Å². The third-order valence-corrected chi connectivity index (χ3v) is 13.9. The first-order valence-corrected chi connectivity index (χ1v) is 22.1. The van der Waals surface area contributed by atoms with Gasteiger partial charge in [0.15, 0.2) is 15.6 Å². The second-order valence-corrected chi connectivity index (χ2v) is 18.8. The lowest BCUT2D eigenvalue weighted by atomic mass is 9.82. The van der Waals surface area contributed by atoms with Crippen LogP contribution < -0.4 is 4.90 Å². The van der Waals surface area contributed by atoms with Crippen molar-refractivity contribution in [3.05, 3.63) is 153 Å². The summed E-state index contributed by atoms with van der Waals surface area (Å²) in [5, 5.41) is 13.0. The number of rotatable bonds is 17. The van der Waals surface area contributed by atoms with Crippen LogP contribution in [0.15, 0.2) is 131 Å². The van der Waals surface area contributed by atoms with Crippen LogP contribution in [-0.4, -0.2) is 87.2 Å². The van der Waals surface area contributed by atoms with Crippen molar-refractivity contribution in [3.63, 3.8) is 0 Å². The van der Waals surface area contributed by atoms with E-state index in [0.717, 1.165) is 73.7 Å². The maximum Gasteiger partial charge on any atom is 0.273 e. The summed E-state index contributed by atoms with van der Waals surface area (Å²) >= 11 is 7.83. The quantitative estimate of drug-likeness (QED) is 0.0393. The molecule has 6 rings (SSSR count). The van der Waals surface area contributed by atoms with Gasteiger partial charge in [-0.1, -0.05) is 79.2 Å². The number of benzene rings is 5. The van der Waals surface area contributed by atoms with Crippen molar-refractivity contribution in [3.8, 4) is 11.1 Å². The minimum absolute atomic E-state index is 0.231. The number of nitro benzene ring substituents is 1. The molecule has 0 unspecified atom stereocenters. The molecule has 0 bridgehead atoms.